The van der Waals surface area contributed by atoms with E-state index < -0.39 is 0 Å². The van der Waals surface area contributed by atoms with Gasteiger partial charge in [0.25, 0.3) is 0 Å². The Morgan fingerprint density at radius 1 is 1.19 bits per heavy atom. The highest BCUT2D eigenvalue weighted by molar-refractivity contribution is 5.87. The number of carbonyl (C=O) groups is 1. The maximum Gasteiger partial charge on any atom is 0.139 e. The molecular formula is C19H24O2. The predicted octanol–water partition coefficient (Wildman–Crippen LogP) is 4.13. The molecule has 0 radical (unpaired) electrons. The van der Waals surface area contributed by atoms with Gasteiger partial charge < -0.3 is 5.11 Å². The van der Waals surface area contributed by atoms with E-state index in [1.54, 1.807) is 0 Å². The van der Waals surface area contributed by atoms with Crippen LogP contribution in [0.25, 0.3) is 0 Å². The molecule has 0 aliphatic heterocycles. The van der Waals surface area contributed by atoms with Crippen molar-refractivity contribution >= 4 is 5.78 Å². The van der Waals surface area contributed by atoms with Crippen LogP contribution in [0.4, 0.5) is 0 Å². The Labute approximate surface area is 126 Å². The van der Waals surface area contributed by atoms with Crippen LogP contribution in [0.15, 0.2) is 12.1 Å². The van der Waals surface area contributed by atoms with Gasteiger partial charge in [-0.3, -0.25) is 4.79 Å². The summed E-state index contributed by atoms with van der Waals surface area (Å²) in [5.74, 6) is 2.58. The van der Waals surface area contributed by atoms with Crippen LogP contribution in [-0.2, 0) is 11.2 Å². The van der Waals surface area contributed by atoms with Crippen molar-refractivity contribution in [1.82, 2.24) is 0 Å². The molecule has 2 fully saturated rings. The van der Waals surface area contributed by atoms with E-state index in [1.165, 1.54) is 23.1 Å². The molecule has 0 aromatic heterocycles. The Hall–Kier alpha value is -1.31. The summed E-state index contributed by atoms with van der Waals surface area (Å²) >= 11 is 0. The zero-order valence-electron chi connectivity index (χ0n) is 13.0. The molecule has 21 heavy (non-hydrogen) atoms. The van der Waals surface area contributed by atoms with Crippen LogP contribution in [0.3, 0.4) is 0 Å². The first-order chi connectivity index (χ1) is 10.0. The van der Waals surface area contributed by atoms with Gasteiger partial charge >= 0.3 is 0 Å². The highest BCUT2D eigenvalue weighted by atomic mass is 16.3. The molecule has 2 nitrogen and oxygen atoms in total. The van der Waals surface area contributed by atoms with Gasteiger partial charge in [0.1, 0.15) is 11.5 Å². The second kappa shape index (κ2) is 4.34. The number of phenols is 1. The van der Waals surface area contributed by atoms with E-state index in [4.69, 9.17) is 0 Å². The van der Waals surface area contributed by atoms with Crippen LogP contribution < -0.4 is 0 Å². The maximum absolute atomic E-state index is 12.3. The SMILES string of the molecule is Cc1ccc(O)c2c1CC[C@@H]1[C@@H]2CC[C@@]2(C)C(=O)CC[C@H]12. The van der Waals surface area contributed by atoms with Gasteiger partial charge in [-0.2, -0.15) is 0 Å². The highest BCUT2D eigenvalue weighted by Gasteiger charge is 2.54. The minimum absolute atomic E-state index is 0.0713. The number of fused-ring (bicyclic) bond motifs is 5. The van der Waals surface area contributed by atoms with Crippen LogP contribution in [0, 0.1) is 24.2 Å². The molecule has 4 atom stereocenters. The molecule has 112 valence electrons. The normalized spacial score (nSPS) is 37.8. The summed E-state index contributed by atoms with van der Waals surface area (Å²) in [5.41, 5.74) is 3.84. The lowest BCUT2D eigenvalue weighted by atomic mass is 9.55. The van der Waals surface area contributed by atoms with E-state index in [9.17, 15) is 9.90 Å². The largest absolute Gasteiger partial charge is 0.508 e. The van der Waals surface area contributed by atoms with Crippen molar-refractivity contribution in [2.24, 2.45) is 17.3 Å². The van der Waals surface area contributed by atoms with Crippen molar-refractivity contribution in [2.75, 3.05) is 0 Å². The Kier molecular flexibility index (Phi) is 2.76. The third-order valence-electron chi connectivity index (χ3n) is 6.81. The van der Waals surface area contributed by atoms with Gasteiger partial charge in [0.15, 0.2) is 0 Å². The summed E-state index contributed by atoms with van der Waals surface area (Å²) in [6.45, 7) is 4.36. The van der Waals surface area contributed by atoms with E-state index in [1.807, 2.05) is 12.1 Å². The van der Waals surface area contributed by atoms with Crippen molar-refractivity contribution in [2.45, 2.75) is 58.3 Å². The Balaban J connectivity index is 1.79. The molecule has 4 rings (SSSR count). The number of carbonyl (C=O) groups excluding carboxylic acids is 1. The second-order valence-electron chi connectivity index (χ2n) is 7.63. The smallest absolute Gasteiger partial charge is 0.139 e. The topological polar surface area (TPSA) is 37.3 Å². The van der Waals surface area contributed by atoms with E-state index in [0.29, 0.717) is 29.3 Å². The van der Waals surface area contributed by atoms with Crippen LogP contribution in [0.1, 0.15) is 61.6 Å². The summed E-state index contributed by atoms with van der Waals surface area (Å²) in [7, 11) is 0. The Morgan fingerprint density at radius 3 is 2.81 bits per heavy atom. The summed E-state index contributed by atoms with van der Waals surface area (Å²) < 4.78 is 0. The fraction of sp³-hybridized carbons (Fsp3) is 0.632. The zero-order valence-corrected chi connectivity index (χ0v) is 13.0. The summed E-state index contributed by atoms with van der Waals surface area (Å²) in [5, 5.41) is 10.4. The predicted molar refractivity (Wildman–Crippen MR) is 82.5 cm³/mol. The third kappa shape index (κ3) is 1.68. The van der Waals surface area contributed by atoms with E-state index in [-0.39, 0.29) is 5.41 Å². The lowest BCUT2D eigenvalue weighted by Crippen LogP contribution is -2.42. The molecule has 1 N–H and O–H groups in total. The number of rotatable bonds is 0. The molecule has 3 aliphatic rings. The van der Waals surface area contributed by atoms with Crippen molar-refractivity contribution in [3.63, 3.8) is 0 Å². The lowest BCUT2D eigenvalue weighted by Gasteiger charge is -2.48. The van der Waals surface area contributed by atoms with Crippen LogP contribution in [0.5, 0.6) is 5.75 Å². The highest BCUT2D eigenvalue weighted by Crippen LogP contribution is 2.60. The molecule has 2 saturated carbocycles. The molecule has 0 heterocycles. The van der Waals surface area contributed by atoms with Gasteiger partial charge in [0, 0.05) is 17.4 Å². The minimum Gasteiger partial charge on any atom is -0.508 e. The summed E-state index contributed by atoms with van der Waals surface area (Å²) in [6.07, 6.45) is 6.17. The number of aromatic hydroxyl groups is 1. The average Bonchev–Trinajstić information content (AvgIpc) is 2.78. The van der Waals surface area contributed by atoms with Gasteiger partial charge in [-0.25, -0.2) is 0 Å². The molecule has 1 aromatic carbocycles. The average molecular weight is 284 g/mol. The lowest BCUT2D eigenvalue weighted by molar-refractivity contribution is -0.129. The fourth-order valence-corrected chi connectivity index (χ4v) is 5.64. The van der Waals surface area contributed by atoms with Crippen molar-refractivity contribution in [1.29, 1.82) is 0 Å². The molecule has 2 heteroatoms. The van der Waals surface area contributed by atoms with Gasteiger partial charge in [0.2, 0.25) is 0 Å². The number of phenolic OH excluding ortho intramolecular Hbond substituents is 1. The van der Waals surface area contributed by atoms with Crippen molar-refractivity contribution in [3.8, 4) is 5.75 Å². The third-order valence-corrected chi connectivity index (χ3v) is 6.81. The molecular weight excluding hydrogens is 260 g/mol. The molecule has 0 bridgehead atoms. The van der Waals surface area contributed by atoms with E-state index in [2.05, 4.69) is 13.8 Å². The first-order valence-corrected chi connectivity index (χ1v) is 8.37. The van der Waals surface area contributed by atoms with Gasteiger partial charge in [0.05, 0.1) is 0 Å². The van der Waals surface area contributed by atoms with Crippen molar-refractivity contribution in [3.05, 3.63) is 28.8 Å². The van der Waals surface area contributed by atoms with Gasteiger partial charge in [-0.05, 0) is 74.0 Å². The van der Waals surface area contributed by atoms with Crippen molar-refractivity contribution < 1.29 is 9.90 Å². The maximum atomic E-state index is 12.3. The molecule has 0 spiro atoms. The first kappa shape index (κ1) is 13.4. The Bertz CT molecular complexity index is 618. The van der Waals surface area contributed by atoms with Crippen LogP contribution in [0.2, 0.25) is 0 Å². The summed E-state index contributed by atoms with van der Waals surface area (Å²) in [4.78, 5) is 12.3. The molecule has 1 aromatic rings. The Morgan fingerprint density at radius 2 is 2.00 bits per heavy atom. The number of hydrogen-bond donors (Lipinski definition) is 1. The molecule has 0 amide bonds. The molecule has 0 saturated heterocycles. The standard InChI is InChI=1S/C19H24O2/c1-11-3-7-16(20)18-12(11)4-5-13-14(18)9-10-19(2)15(13)6-8-17(19)21/h3,7,13-15,20H,4-6,8-10H2,1-2H3/t13-,14+,15-,19-/m1/s1. The number of Topliss-reactive ketones (excluding diaryl/α,β-unsaturated/α-hetero) is 1. The number of benzene rings is 1. The minimum atomic E-state index is -0.0713. The van der Waals surface area contributed by atoms with Gasteiger partial charge in [-0.1, -0.05) is 13.0 Å². The summed E-state index contributed by atoms with van der Waals surface area (Å²) in [6, 6.07) is 3.91. The monoisotopic (exact) mass is 284 g/mol. The van der Waals surface area contributed by atoms with E-state index in [0.717, 1.165) is 32.1 Å². The second-order valence-corrected chi connectivity index (χ2v) is 7.63. The zero-order chi connectivity index (χ0) is 14.8. The number of hydrogen-bond acceptors (Lipinski definition) is 2. The fourth-order valence-electron chi connectivity index (χ4n) is 5.64. The number of aryl methyl sites for hydroxylation is 1. The first-order valence-electron chi connectivity index (χ1n) is 8.37. The van der Waals surface area contributed by atoms with Crippen LogP contribution >= 0.6 is 0 Å². The molecule has 3 aliphatic carbocycles. The van der Waals surface area contributed by atoms with Gasteiger partial charge in [-0.15, -0.1) is 0 Å². The van der Waals surface area contributed by atoms with E-state index >= 15 is 0 Å². The van der Waals surface area contributed by atoms with Crippen LogP contribution in [-0.4, -0.2) is 10.9 Å². The quantitative estimate of drug-likeness (QED) is 0.778. The molecule has 0 unspecified atom stereocenters. The number of ketones is 1.